The van der Waals surface area contributed by atoms with E-state index in [1.807, 2.05) is 38.1 Å². The van der Waals surface area contributed by atoms with Crippen LogP contribution in [0.5, 0.6) is 0 Å². The Morgan fingerprint density at radius 1 is 1.35 bits per heavy atom. The summed E-state index contributed by atoms with van der Waals surface area (Å²) in [4.78, 5) is 18.8. The maximum atomic E-state index is 12.5. The second-order valence-corrected chi connectivity index (χ2v) is 7.28. The van der Waals surface area contributed by atoms with Crippen LogP contribution >= 0.6 is 0 Å². The summed E-state index contributed by atoms with van der Waals surface area (Å²) < 4.78 is 17.3. The molecule has 6 nitrogen and oxygen atoms in total. The summed E-state index contributed by atoms with van der Waals surface area (Å²) in [6.07, 6.45) is 2.52. The van der Waals surface area contributed by atoms with E-state index in [4.69, 9.17) is 13.9 Å². The fourth-order valence-corrected chi connectivity index (χ4v) is 3.83. The molecule has 1 atom stereocenters. The third-order valence-electron chi connectivity index (χ3n) is 5.38. The molecule has 4 rings (SSSR count). The number of pyridine rings is 1. The molecule has 2 fully saturated rings. The van der Waals surface area contributed by atoms with E-state index >= 15 is 0 Å². The first-order valence-electron chi connectivity index (χ1n) is 9.05. The SMILES string of the molecule is Cc1cccc(COC[C@@H]2CCOC23CN(C(=O)c2occc2C)C3)n1. The topological polar surface area (TPSA) is 64.8 Å². The molecular formula is C20H24N2O4. The molecule has 2 saturated heterocycles. The first kappa shape index (κ1) is 17.2. The molecule has 0 unspecified atom stereocenters. The lowest BCUT2D eigenvalue weighted by Gasteiger charge is -2.49. The summed E-state index contributed by atoms with van der Waals surface area (Å²) >= 11 is 0. The number of aryl methyl sites for hydroxylation is 2. The predicted octanol–water partition coefficient (Wildman–Crippen LogP) is 2.74. The van der Waals surface area contributed by atoms with Crippen molar-refractivity contribution in [1.29, 1.82) is 0 Å². The van der Waals surface area contributed by atoms with Crippen molar-refractivity contribution >= 4 is 5.91 Å². The number of likely N-dealkylation sites (tertiary alicyclic amines) is 1. The van der Waals surface area contributed by atoms with Gasteiger partial charge in [0.2, 0.25) is 0 Å². The molecule has 2 aromatic rings. The molecule has 138 valence electrons. The van der Waals surface area contributed by atoms with Gasteiger partial charge in [-0.3, -0.25) is 9.78 Å². The summed E-state index contributed by atoms with van der Waals surface area (Å²) in [5, 5.41) is 0. The molecule has 26 heavy (non-hydrogen) atoms. The van der Waals surface area contributed by atoms with Gasteiger partial charge in [0.15, 0.2) is 5.76 Å². The van der Waals surface area contributed by atoms with E-state index < -0.39 is 0 Å². The molecule has 1 spiro atoms. The maximum Gasteiger partial charge on any atom is 0.290 e. The van der Waals surface area contributed by atoms with Crippen molar-refractivity contribution in [1.82, 2.24) is 9.88 Å². The smallest absolute Gasteiger partial charge is 0.290 e. The minimum atomic E-state index is -0.268. The Morgan fingerprint density at radius 3 is 2.92 bits per heavy atom. The normalized spacial score (nSPS) is 21.2. The Morgan fingerprint density at radius 2 is 2.19 bits per heavy atom. The summed E-state index contributed by atoms with van der Waals surface area (Å²) in [6.45, 7) is 6.90. The number of aromatic nitrogens is 1. The van der Waals surface area contributed by atoms with E-state index in [2.05, 4.69) is 4.98 Å². The van der Waals surface area contributed by atoms with E-state index in [0.29, 0.717) is 38.0 Å². The van der Waals surface area contributed by atoms with E-state index in [1.165, 1.54) is 0 Å². The van der Waals surface area contributed by atoms with Crippen molar-refractivity contribution in [3.8, 4) is 0 Å². The molecule has 0 bridgehead atoms. The lowest BCUT2D eigenvalue weighted by atomic mass is 9.81. The number of ether oxygens (including phenoxy) is 2. The Balaban J connectivity index is 1.32. The average Bonchev–Trinajstić information content (AvgIpc) is 3.19. The average molecular weight is 356 g/mol. The lowest BCUT2D eigenvalue weighted by molar-refractivity contribution is -0.129. The van der Waals surface area contributed by atoms with Gasteiger partial charge < -0.3 is 18.8 Å². The second-order valence-electron chi connectivity index (χ2n) is 7.28. The molecule has 0 aliphatic carbocycles. The molecule has 0 aromatic carbocycles. The zero-order valence-corrected chi connectivity index (χ0v) is 15.2. The fourth-order valence-electron chi connectivity index (χ4n) is 3.83. The zero-order valence-electron chi connectivity index (χ0n) is 15.2. The van der Waals surface area contributed by atoms with Crippen molar-refractivity contribution < 1.29 is 18.7 Å². The van der Waals surface area contributed by atoms with Crippen LogP contribution in [0.25, 0.3) is 0 Å². The monoisotopic (exact) mass is 356 g/mol. The molecule has 2 aliphatic rings. The molecule has 2 aliphatic heterocycles. The third-order valence-corrected chi connectivity index (χ3v) is 5.38. The Hall–Kier alpha value is -2.18. The summed E-state index contributed by atoms with van der Waals surface area (Å²) in [6, 6.07) is 7.76. The van der Waals surface area contributed by atoms with Crippen LogP contribution in [-0.4, -0.2) is 47.7 Å². The standard InChI is InChI=1S/C20H24N2O4/c1-14-6-8-25-18(14)19(23)22-12-20(13-22)16(7-9-26-20)10-24-11-17-5-3-4-15(2)21-17/h3-6,8,16H,7,9-13H2,1-2H3/t16-/m0/s1. The number of amides is 1. The molecule has 0 saturated carbocycles. The van der Waals surface area contributed by atoms with Gasteiger partial charge in [0.1, 0.15) is 5.60 Å². The van der Waals surface area contributed by atoms with Crippen molar-refractivity contribution in [3.05, 3.63) is 53.2 Å². The van der Waals surface area contributed by atoms with Gasteiger partial charge in [0, 0.05) is 23.8 Å². The minimum Gasteiger partial charge on any atom is -0.459 e. The molecule has 0 N–H and O–H groups in total. The van der Waals surface area contributed by atoms with Crippen molar-refractivity contribution in [2.24, 2.45) is 5.92 Å². The minimum absolute atomic E-state index is 0.0581. The van der Waals surface area contributed by atoms with E-state index in [1.54, 1.807) is 11.2 Å². The number of rotatable bonds is 5. The molecule has 0 radical (unpaired) electrons. The highest BCUT2D eigenvalue weighted by Crippen LogP contribution is 2.40. The van der Waals surface area contributed by atoms with Gasteiger partial charge in [-0.25, -0.2) is 0 Å². The molecule has 2 aromatic heterocycles. The van der Waals surface area contributed by atoms with Crippen molar-refractivity contribution in [2.45, 2.75) is 32.5 Å². The number of carbonyl (C=O) groups excluding carboxylic acids is 1. The van der Waals surface area contributed by atoms with Gasteiger partial charge in [0.05, 0.1) is 38.3 Å². The van der Waals surface area contributed by atoms with Gasteiger partial charge in [-0.2, -0.15) is 0 Å². The Kier molecular flexibility index (Phi) is 4.54. The van der Waals surface area contributed by atoms with Crippen LogP contribution in [-0.2, 0) is 16.1 Å². The van der Waals surface area contributed by atoms with E-state index in [9.17, 15) is 4.79 Å². The zero-order chi connectivity index (χ0) is 18.1. The van der Waals surface area contributed by atoms with Crippen LogP contribution in [0.1, 0.15) is 33.9 Å². The van der Waals surface area contributed by atoms with Crippen LogP contribution in [0.2, 0.25) is 0 Å². The van der Waals surface area contributed by atoms with Gasteiger partial charge in [-0.1, -0.05) is 6.07 Å². The van der Waals surface area contributed by atoms with Crippen molar-refractivity contribution in [3.63, 3.8) is 0 Å². The number of nitrogens with zero attached hydrogens (tertiary/aromatic N) is 2. The second kappa shape index (κ2) is 6.85. The fraction of sp³-hybridized carbons (Fsp3) is 0.500. The molecule has 4 heterocycles. The third kappa shape index (κ3) is 3.15. The number of hydrogen-bond acceptors (Lipinski definition) is 5. The van der Waals surface area contributed by atoms with Gasteiger partial charge in [-0.15, -0.1) is 0 Å². The number of hydrogen-bond donors (Lipinski definition) is 0. The van der Waals surface area contributed by atoms with Gasteiger partial charge >= 0.3 is 0 Å². The first-order valence-corrected chi connectivity index (χ1v) is 9.05. The molecule has 6 heteroatoms. The van der Waals surface area contributed by atoms with Crippen LogP contribution < -0.4 is 0 Å². The first-order chi connectivity index (χ1) is 12.6. The summed E-state index contributed by atoms with van der Waals surface area (Å²) in [5.74, 6) is 0.669. The quantitative estimate of drug-likeness (QED) is 0.824. The molecular weight excluding hydrogens is 332 g/mol. The Bertz CT molecular complexity index is 795. The highest BCUT2D eigenvalue weighted by molar-refractivity contribution is 5.93. The maximum absolute atomic E-state index is 12.5. The van der Waals surface area contributed by atoms with Crippen LogP contribution in [0.4, 0.5) is 0 Å². The highest BCUT2D eigenvalue weighted by Gasteiger charge is 2.54. The van der Waals surface area contributed by atoms with Crippen molar-refractivity contribution in [2.75, 3.05) is 26.3 Å². The highest BCUT2D eigenvalue weighted by atomic mass is 16.5. The van der Waals surface area contributed by atoms with Crippen LogP contribution in [0, 0.1) is 19.8 Å². The molecule has 1 amide bonds. The summed E-state index contributed by atoms with van der Waals surface area (Å²) in [7, 11) is 0. The lowest BCUT2D eigenvalue weighted by Crippen LogP contribution is -2.66. The van der Waals surface area contributed by atoms with Crippen LogP contribution in [0.15, 0.2) is 34.9 Å². The summed E-state index contributed by atoms with van der Waals surface area (Å²) in [5.41, 5.74) is 2.54. The van der Waals surface area contributed by atoms with E-state index in [0.717, 1.165) is 30.0 Å². The number of carbonyl (C=O) groups is 1. The largest absolute Gasteiger partial charge is 0.459 e. The number of furan rings is 1. The predicted molar refractivity (Wildman–Crippen MR) is 94.8 cm³/mol. The van der Waals surface area contributed by atoms with Crippen LogP contribution in [0.3, 0.4) is 0 Å². The van der Waals surface area contributed by atoms with Gasteiger partial charge in [-0.05, 0) is 38.5 Å². The Labute approximate surface area is 153 Å². The van der Waals surface area contributed by atoms with E-state index in [-0.39, 0.29) is 11.5 Å². The van der Waals surface area contributed by atoms with Gasteiger partial charge in [0.25, 0.3) is 5.91 Å².